The zero-order valence-electron chi connectivity index (χ0n) is 15.5. The summed E-state index contributed by atoms with van der Waals surface area (Å²) in [4.78, 5) is 22.9. The second-order valence-corrected chi connectivity index (χ2v) is 8.15. The number of halogens is 1. The molecule has 1 saturated heterocycles. The highest BCUT2D eigenvalue weighted by Crippen LogP contribution is 2.33. The van der Waals surface area contributed by atoms with E-state index in [2.05, 4.69) is 20.6 Å². The van der Waals surface area contributed by atoms with E-state index in [-0.39, 0.29) is 12.0 Å². The normalized spacial score (nSPS) is 16.4. The summed E-state index contributed by atoms with van der Waals surface area (Å²) in [6, 6.07) is 7.49. The molecular formula is C20H21ClN4O2S. The number of rotatable bonds is 6. The molecule has 1 aliphatic rings. The molecule has 146 valence electrons. The SMILES string of the molecule is Cc1c(C(=O)NCc2ccccc2Cl)sc2ncnc(NCC3CCCO3)c12. The number of hydrogen-bond acceptors (Lipinski definition) is 6. The smallest absolute Gasteiger partial charge is 0.261 e. The number of amides is 1. The maximum atomic E-state index is 12.8. The van der Waals surface area contributed by atoms with Gasteiger partial charge in [-0.1, -0.05) is 29.8 Å². The summed E-state index contributed by atoms with van der Waals surface area (Å²) in [6.07, 6.45) is 3.89. The van der Waals surface area contributed by atoms with Gasteiger partial charge in [0.15, 0.2) is 0 Å². The predicted molar refractivity (Wildman–Crippen MR) is 112 cm³/mol. The van der Waals surface area contributed by atoms with E-state index in [1.165, 1.54) is 17.7 Å². The average Bonchev–Trinajstić information content (AvgIpc) is 3.34. The second-order valence-electron chi connectivity index (χ2n) is 6.75. The standard InChI is InChI=1S/C20H21ClN4O2S/c1-12-16-18(22-10-14-6-4-8-27-14)24-11-25-20(16)28-17(12)19(26)23-9-13-5-2-3-7-15(13)21/h2-3,5,7,11,14H,4,6,8-10H2,1H3,(H,23,26)(H,22,24,25). The zero-order valence-corrected chi connectivity index (χ0v) is 17.1. The van der Waals surface area contributed by atoms with Crippen LogP contribution in [0.2, 0.25) is 5.02 Å². The zero-order chi connectivity index (χ0) is 19.5. The lowest BCUT2D eigenvalue weighted by molar-refractivity contribution is 0.0954. The van der Waals surface area contributed by atoms with Crippen LogP contribution in [0.25, 0.3) is 10.2 Å². The molecule has 0 aliphatic carbocycles. The number of aromatic nitrogens is 2. The van der Waals surface area contributed by atoms with Crippen molar-refractivity contribution in [1.29, 1.82) is 0 Å². The van der Waals surface area contributed by atoms with Gasteiger partial charge in [-0.3, -0.25) is 4.79 Å². The molecule has 3 aromatic rings. The van der Waals surface area contributed by atoms with E-state index >= 15 is 0 Å². The predicted octanol–water partition coefficient (Wildman–Crippen LogP) is 4.17. The van der Waals surface area contributed by atoms with Crippen LogP contribution in [0.5, 0.6) is 0 Å². The summed E-state index contributed by atoms with van der Waals surface area (Å²) in [5, 5.41) is 7.86. The Hall–Kier alpha value is -2.22. The number of nitrogens with zero attached hydrogens (tertiary/aromatic N) is 2. The molecule has 8 heteroatoms. The topological polar surface area (TPSA) is 76.1 Å². The van der Waals surface area contributed by atoms with Crippen molar-refractivity contribution in [2.24, 2.45) is 0 Å². The van der Waals surface area contributed by atoms with Crippen LogP contribution in [0.3, 0.4) is 0 Å². The molecule has 1 fully saturated rings. The summed E-state index contributed by atoms with van der Waals surface area (Å²) in [6.45, 7) is 3.83. The van der Waals surface area contributed by atoms with Crippen LogP contribution >= 0.6 is 22.9 Å². The summed E-state index contributed by atoms with van der Waals surface area (Å²) in [5.74, 6) is 0.616. The third-order valence-electron chi connectivity index (χ3n) is 4.85. The van der Waals surface area contributed by atoms with Gasteiger partial charge in [-0.05, 0) is 37.0 Å². The van der Waals surface area contributed by atoms with Gasteiger partial charge in [0.05, 0.1) is 16.4 Å². The van der Waals surface area contributed by atoms with E-state index in [0.717, 1.165) is 46.6 Å². The molecule has 4 rings (SSSR count). The quantitative estimate of drug-likeness (QED) is 0.630. The number of fused-ring (bicyclic) bond motifs is 1. The number of anilines is 1. The van der Waals surface area contributed by atoms with Gasteiger partial charge in [-0.15, -0.1) is 11.3 Å². The largest absolute Gasteiger partial charge is 0.376 e. The Morgan fingerprint density at radius 1 is 1.36 bits per heavy atom. The Bertz CT molecular complexity index is 1000. The minimum absolute atomic E-state index is 0.134. The van der Waals surface area contributed by atoms with Crippen molar-refractivity contribution in [3.05, 3.63) is 51.6 Å². The van der Waals surface area contributed by atoms with E-state index in [1.54, 1.807) is 0 Å². The molecule has 0 spiro atoms. The maximum Gasteiger partial charge on any atom is 0.261 e. The molecule has 1 unspecified atom stereocenters. The third kappa shape index (κ3) is 3.97. The van der Waals surface area contributed by atoms with Crippen molar-refractivity contribution in [3.63, 3.8) is 0 Å². The Morgan fingerprint density at radius 2 is 2.21 bits per heavy atom. The highest BCUT2D eigenvalue weighted by atomic mass is 35.5. The van der Waals surface area contributed by atoms with Crippen molar-refractivity contribution >= 4 is 44.9 Å². The lowest BCUT2D eigenvalue weighted by atomic mass is 10.2. The lowest BCUT2D eigenvalue weighted by Gasteiger charge is -2.12. The summed E-state index contributed by atoms with van der Waals surface area (Å²) in [7, 11) is 0. The molecule has 2 N–H and O–H groups in total. The van der Waals surface area contributed by atoms with Crippen LogP contribution in [-0.4, -0.2) is 35.1 Å². The van der Waals surface area contributed by atoms with Crippen molar-refractivity contribution in [2.75, 3.05) is 18.5 Å². The van der Waals surface area contributed by atoms with E-state index in [4.69, 9.17) is 16.3 Å². The van der Waals surface area contributed by atoms with Gasteiger partial charge in [0.1, 0.15) is 17.0 Å². The van der Waals surface area contributed by atoms with Gasteiger partial charge >= 0.3 is 0 Å². The third-order valence-corrected chi connectivity index (χ3v) is 6.42. The van der Waals surface area contributed by atoms with Crippen LogP contribution in [0, 0.1) is 6.92 Å². The number of benzene rings is 1. The Labute approximate surface area is 172 Å². The molecule has 3 heterocycles. The lowest BCUT2D eigenvalue weighted by Crippen LogP contribution is -2.22. The van der Waals surface area contributed by atoms with Crippen LogP contribution in [0.4, 0.5) is 5.82 Å². The fourth-order valence-corrected chi connectivity index (χ4v) is 4.60. The fraction of sp³-hybridized carbons (Fsp3) is 0.350. The van der Waals surface area contributed by atoms with Gasteiger partial charge in [-0.25, -0.2) is 9.97 Å². The molecule has 0 radical (unpaired) electrons. The molecule has 6 nitrogen and oxygen atoms in total. The second kappa shape index (κ2) is 8.43. The van der Waals surface area contributed by atoms with Crippen molar-refractivity contribution < 1.29 is 9.53 Å². The Kier molecular flexibility index (Phi) is 5.75. The summed E-state index contributed by atoms with van der Waals surface area (Å²) < 4.78 is 5.67. The number of aryl methyl sites for hydroxylation is 1. The number of nitrogens with one attached hydrogen (secondary N) is 2. The first-order valence-corrected chi connectivity index (χ1v) is 10.4. The van der Waals surface area contributed by atoms with Gasteiger partial charge in [0.25, 0.3) is 5.91 Å². The van der Waals surface area contributed by atoms with E-state index in [1.807, 2.05) is 31.2 Å². The first kappa shape index (κ1) is 19.1. The number of ether oxygens (including phenoxy) is 1. The number of hydrogen-bond donors (Lipinski definition) is 2. The van der Waals surface area contributed by atoms with Crippen molar-refractivity contribution in [3.8, 4) is 0 Å². The minimum Gasteiger partial charge on any atom is -0.376 e. The monoisotopic (exact) mass is 416 g/mol. The van der Waals surface area contributed by atoms with Crippen molar-refractivity contribution in [1.82, 2.24) is 15.3 Å². The molecule has 1 atom stereocenters. The minimum atomic E-state index is -0.134. The number of thiophene rings is 1. The van der Waals surface area contributed by atoms with Gasteiger partial charge in [0.2, 0.25) is 0 Å². The highest BCUT2D eigenvalue weighted by molar-refractivity contribution is 7.20. The first-order valence-electron chi connectivity index (χ1n) is 9.24. The van der Waals surface area contributed by atoms with E-state index in [9.17, 15) is 4.79 Å². The first-order chi connectivity index (χ1) is 13.6. The number of carbonyl (C=O) groups excluding carboxylic acids is 1. The molecule has 1 aromatic carbocycles. The van der Waals surface area contributed by atoms with Crippen LogP contribution in [-0.2, 0) is 11.3 Å². The van der Waals surface area contributed by atoms with Crippen LogP contribution < -0.4 is 10.6 Å². The van der Waals surface area contributed by atoms with E-state index < -0.39 is 0 Å². The van der Waals surface area contributed by atoms with Crippen LogP contribution in [0.1, 0.15) is 33.6 Å². The molecule has 0 saturated carbocycles. The van der Waals surface area contributed by atoms with Gasteiger partial charge in [0, 0.05) is 24.7 Å². The fourth-order valence-electron chi connectivity index (χ4n) is 3.34. The van der Waals surface area contributed by atoms with Gasteiger partial charge < -0.3 is 15.4 Å². The molecule has 1 aliphatic heterocycles. The number of carbonyl (C=O) groups is 1. The van der Waals surface area contributed by atoms with Crippen LogP contribution in [0.15, 0.2) is 30.6 Å². The molecule has 2 aromatic heterocycles. The Balaban J connectivity index is 1.52. The highest BCUT2D eigenvalue weighted by Gasteiger charge is 2.21. The average molecular weight is 417 g/mol. The summed E-state index contributed by atoms with van der Waals surface area (Å²) in [5.41, 5.74) is 1.77. The van der Waals surface area contributed by atoms with E-state index in [0.29, 0.717) is 23.0 Å². The maximum absolute atomic E-state index is 12.8. The van der Waals surface area contributed by atoms with Crippen molar-refractivity contribution in [2.45, 2.75) is 32.4 Å². The molecular weight excluding hydrogens is 396 g/mol. The Morgan fingerprint density at radius 3 is 3.00 bits per heavy atom. The molecule has 28 heavy (non-hydrogen) atoms. The van der Waals surface area contributed by atoms with Gasteiger partial charge in [-0.2, -0.15) is 0 Å². The summed E-state index contributed by atoms with van der Waals surface area (Å²) >= 11 is 7.55. The molecule has 0 bridgehead atoms. The molecule has 1 amide bonds.